The highest BCUT2D eigenvalue weighted by Crippen LogP contribution is 2.11. The van der Waals surface area contributed by atoms with Crippen molar-refractivity contribution in [2.75, 3.05) is 6.61 Å². The van der Waals surface area contributed by atoms with Crippen LogP contribution in [0.3, 0.4) is 0 Å². The quantitative estimate of drug-likeness (QED) is 0.559. The van der Waals surface area contributed by atoms with E-state index in [1.54, 1.807) is 6.92 Å². The second-order valence-corrected chi connectivity index (χ2v) is 5.35. The number of carboxylic acid groups (broad SMARTS) is 1. The van der Waals surface area contributed by atoms with E-state index in [9.17, 15) is 14.4 Å². The molecule has 0 saturated carbocycles. The monoisotopic (exact) mass is 344 g/mol. The van der Waals surface area contributed by atoms with Crippen LogP contribution in [0.25, 0.3) is 5.69 Å². The van der Waals surface area contributed by atoms with Gasteiger partial charge in [-0.1, -0.05) is 12.1 Å². The number of amides is 1. The van der Waals surface area contributed by atoms with E-state index in [0.29, 0.717) is 6.42 Å². The maximum Gasteiger partial charge on any atom is 0.340 e. The van der Waals surface area contributed by atoms with Crippen LogP contribution in [0.2, 0.25) is 0 Å². The van der Waals surface area contributed by atoms with Gasteiger partial charge >= 0.3 is 11.9 Å². The average Bonchev–Trinajstić information content (AvgIpc) is 3.12. The zero-order valence-electron chi connectivity index (χ0n) is 13.8. The second-order valence-electron chi connectivity index (χ2n) is 5.35. The van der Waals surface area contributed by atoms with Gasteiger partial charge < -0.3 is 19.7 Å². The van der Waals surface area contributed by atoms with Gasteiger partial charge in [-0.2, -0.15) is 0 Å². The van der Waals surface area contributed by atoms with Crippen molar-refractivity contribution in [3.8, 4) is 5.69 Å². The molecule has 7 nitrogen and oxygen atoms in total. The van der Waals surface area contributed by atoms with Crippen LogP contribution in [0, 0.1) is 0 Å². The fraction of sp³-hybridized carbons (Fsp3) is 0.278. The van der Waals surface area contributed by atoms with Gasteiger partial charge in [0, 0.05) is 24.5 Å². The smallest absolute Gasteiger partial charge is 0.340 e. The number of aliphatic carboxylic acids is 1. The number of benzene rings is 1. The predicted octanol–water partition coefficient (Wildman–Crippen LogP) is 1.54. The van der Waals surface area contributed by atoms with Gasteiger partial charge in [0.1, 0.15) is 0 Å². The number of aromatic nitrogens is 1. The van der Waals surface area contributed by atoms with Crippen molar-refractivity contribution in [2.45, 2.75) is 25.8 Å². The number of rotatable bonds is 8. The zero-order chi connectivity index (χ0) is 18.2. The first-order chi connectivity index (χ1) is 12.0. The van der Waals surface area contributed by atoms with Crippen LogP contribution >= 0.6 is 0 Å². The molecule has 1 heterocycles. The molecule has 1 amide bonds. The summed E-state index contributed by atoms with van der Waals surface area (Å²) in [6.45, 7) is 1.61. The summed E-state index contributed by atoms with van der Waals surface area (Å²) in [5.41, 5.74) is 1.94. The van der Waals surface area contributed by atoms with E-state index in [1.807, 2.05) is 53.4 Å². The van der Waals surface area contributed by atoms with Gasteiger partial charge in [-0.05, 0) is 43.2 Å². The minimum absolute atomic E-state index is 0.0478. The van der Waals surface area contributed by atoms with Crippen LogP contribution in [-0.4, -0.2) is 40.2 Å². The van der Waals surface area contributed by atoms with E-state index in [-0.39, 0.29) is 13.0 Å². The van der Waals surface area contributed by atoms with Crippen molar-refractivity contribution in [3.63, 3.8) is 0 Å². The summed E-state index contributed by atoms with van der Waals surface area (Å²) in [4.78, 5) is 34.5. The highest BCUT2D eigenvalue weighted by atomic mass is 16.5. The van der Waals surface area contributed by atoms with Crippen molar-refractivity contribution in [1.82, 2.24) is 9.88 Å². The maximum atomic E-state index is 11.9. The number of hydrogen-bond acceptors (Lipinski definition) is 4. The lowest BCUT2D eigenvalue weighted by Gasteiger charge is -2.13. The molecule has 1 atom stereocenters. The first kappa shape index (κ1) is 18.3. The zero-order valence-corrected chi connectivity index (χ0v) is 13.8. The molecule has 0 bridgehead atoms. The lowest BCUT2D eigenvalue weighted by atomic mass is 10.1. The van der Waals surface area contributed by atoms with E-state index in [1.165, 1.54) is 0 Å². The molecule has 2 rings (SSSR count). The SMILES string of the molecule is CCOC(=O)C(NC(=O)CCc1ccc(-n2cccc2)cc1)C(=O)O. The molecule has 1 aromatic heterocycles. The molecular weight excluding hydrogens is 324 g/mol. The molecule has 0 saturated heterocycles. The largest absolute Gasteiger partial charge is 0.479 e. The average molecular weight is 344 g/mol. The predicted molar refractivity (Wildman–Crippen MR) is 90.3 cm³/mol. The maximum absolute atomic E-state index is 11.9. The van der Waals surface area contributed by atoms with Gasteiger partial charge in [0.05, 0.1) is 6.61 Å². The summed E-state index contributed by atoms with van der Waals surface area (Å²) in [6, 6.07) is 9.87. The van der Waals surface area contributed by atoms with Crippen molar-refractivity contribution in [2.24, 2.45) is 0 Å². The van der Waals surface area contributed by atoms with Gasteiger partial charge in [0.15, 0.2) is 0 Å². The summed E-state index contributed by atoms with van der Waals surface area (Å²) < 4.78 is 6.61. The van der Waals surface area contributed by atoms with Crippen molar-refractivity contribution >= 4 is 17.8 Å². The molecule has 7 heteroatoms. The number of carbonyl (C=O) groups excluding carboxylic acids is 2. The van der Waals surface area contributed by atoms with Gasteiger partial charge in [-0.3, -0.25) is 4.79 Å². The molecule has 1 aromatic carbocycles. The Bertz CT molecular complexity index is 722. The third-order valence-corrected chi connectivity index (χ3v) is 3.55. The topological polar surface area (TPSA) is 97.6 Å². The fourth-order valence-corrected chi connectivity index (χ4v) is 2.28. The van der Waals surface area contributed by atoms with Crippen LogP contribution in [0.5, 0.6) is 0 Å². The normalized spacial score (nSPS) is 11.6. The molecule has 0 aliphatic heterocycles. The van der Waals surface area contributed by atoms with Crippen LogP contribution in [0.15, 0.2) is 48.8 Å². The number of aryl methyl sites for hydroxylation is 1. The van der Waals surface area contributed by atoms with Crippen molar-refractivity contribution in [3.05, 3.63) is 54.4 Å². The van der Waals surface area contributed by atoms with Gasteiger partial charge in [0.25, 0.3) is 0 Å². The van der Waals surface area contributed by atoms with E-state index in [0.717, 1.165) is 11.3 Å². The number of ether oxygens (including phenoxy) is 1. The number of carbonyl (C=O) groups is 3. The lowest BCUT2D eigenvalue weighted by molar-refractivity contribution is -0.156. The van der Waals surface area contributed by atoms with E-state index < -0.39 is 23.9 Å². The summed E-state index contributed by atoms with van der Waals surface area (Å²) in [6.07, 6.45) is 4.38. The number of nitrogens with zero attached hydrogens (tertiary/aromatic N) is 1. The summed E-state index contributed by atoms with van der Waals surface area (Å²) in [7, 11) is 0. The van der Waals surface area contributed by atoms with Crippen LogP contribution in [0.4, 0.5) is 0 Å². The van der Waals surface area contributed by atoms with E-state index in [4.69, 9.17) is 5.11 Å². The molecule has 132 valence electrons. The molecule has 0 fully saturated rings. The number of carboxylic acids is 1. The van der Waals surface area contributed by atoms with Gasteiger partial charge in [-0.25, -0.2) is 9.59 Å². The van der Waals surface area contributed by atoms with Crippen LogP contribution in [-0.2, 0) is 25.5 Å². The Balaban J connectivity index is 1.88. The Hall–Kier alpha value is -3.09. The minimum Gasteiger partial charge on any atom is -0.479 e. The highest BCUT2D eigenvalue weighted by Gasteiger charge is 2.29. The number of esters is 1. The highest BCUT2D eigenvalue weighted by molar-refractivity contribution is 6.01. The van der Waals surface area contributed by atoms with Crippen LogP contribution < -0.4 is 5.32 Å². The standard InChI is InChI=1S/C18H20N2O5/c1-2-25-18(24)16(17(22)23)19-15(21)10-7-13-5-8-14(9-6-13)20-11-3-4-12-20/h3-6,8-9,11-12,16H,2,7,10H2,1H3,(H,19,21)(H,22,23). The Morgan fingerprint density at radius 3 is 2.36 bits per heavy atom. The molecule has 0 spiro atoms. The Morgan fingerprint density at radius 2 is 1.80 bits per heavy atom. The third kappa shape index (κ3) is 5.20. The first-order valence-electron chi connectivity index (χ1n) is 7.92. The summed E-state index contributed by atoms with van der Waals surface area (Å²) >= 11 is 0. The molecule has 0 radical (unpaired) electrons. The molecule has 25 heavy (non-hydrogen) atoms. The number of hydrogen-bond donors (Lipinski definition) is 2. The summed E-state index contributed by atoms with van der Waals surface area (Å²) in [5, 5.41) is 11.2. The molecule has 0 aliphatic carbocycles. The summed E-state index contributed by atoms with van der Waals surface area (Å²) in [5.74, 6) is -2.93. The van der Waals surface area contributed by atoms with Crippen molar-refractivity contribution in [1.29, 1.82) is 0 Å². The van der Waals surface area contributed by atoms with Gasteiger partial charge in [-0.15, -0.1) is 0 Å². The Kier molecular flexibility index (Phi) is 6.33. The lowest BCUT2D eigenvalue weighted by Crippen LogP contribution is -2.47. The molecule has 1 unspecified atom stereocenters. The third-order valence-electron chi connectivity index (χ3n) is 3.55. The number of nitrogens with one attached hydrogen (secondary N) is 1. The van der Waals surface area contributed by atoms with Crippen molar-refractivity contribution < 1.29 is 24.2 Å². The fourth-order valence-electron chi connectivity index (χ4n) is 2.28. The van der Waals surface area contributed by atoms with Crippen LogP contribution in [0.1, 0.15) is 18.9 Å². The minimum atomic E-state index is -1.68. The first-order valence-corrected chi connectivity index (χ1v) is 7.92. The molecule has 2 N–H and O–H groups in total. The molecule has 0 aliphatic rings. The Morgan fingerprint density at radius 1 is 1.16 bits per heavy atom. The van der Waals surface area contributed by atoms with Gasteiger partial charge in [0.2, 0.25) is 11.9 Å². The molecular formula is C18H20N2O5. The second kappa shape index (κ2) is 8.68. The Labute approximate surface area is 145 Å². The molecule has 2 aromatic rings. The van der Waals surface area contributed by atoms with E-state index >= 15 is 0 Å². The van der Waals surface area contributed by atoms with E-state index in [2.05, 4.69) is 10.1 Å².